The van der Waals surface area contributed by atoms with E-state index >= 15 is 0 Å². The van der Waals surface area contributed by atoms with Crippen LogP contribution in [0.15, 0.2) is 53.3 Å². The Kier molecular flexibility index (Phi) is 5.10. The highest BCUT2D eigenvalue weighted by Gasteiger charge is 2.26. The summed E-state index contributed by atoms with van der Waals surface area (Å²) in [5, 5.41) is 4.79. The number of nitrogens with zero attached hydrogens (tertiary/aromatic N) is 5. The molecule has 4 aromatic rings. The van der Waals surface area contributed by atoms with Crippen molar-refractivity contribution < 1.29 is 9.53 Å². The SMILES string of the molecule is COc1nn(C)cc1C(=O)N(Cc1ccccn1)c1nc2ccc(Br)cc2s1. The molecular formula is C19H16BrN5O2S. The summed E-state index contributed by atoms with van der Waals surface area (Å²) < 4.78 is 8.79. The summed E-state index contributed by atoms with van der Waals surface area (Å²) in [6.45, 7) is 0.290. The molecule has 0 radical (unpaired) electrons. The fraction of sp³-hybridized carbons (Fsp3) is 0.158. The van der Waals surface area contributed by atoms with Gasteiger partial charge >= 0.3 is 0 Å². The molecule has 0 spiro atoms. The largest absolute Gasteiger partial charge is 0.479 e. The van der Waals surface area contributed by atoms with E-state index in [-0.39, 0.29) is 11.8 Å². The van der Waals surface area contributed by atoms with Gasteiger partial charge in [0.2, 0.25) is 5.88 Å². The van der Waals surface area contributed by atoms with Crippen molar-refractivity contribution in [1.29, 1.82) is 0 Å². The number of methoxy groups -OCH3 is 1. The minimum Gasteiger partial charge on any atom is -0.479 e. The van der Waals surface area contributed by atoms with Crippen molar-refractivity contribution in [2.24, 2.45) is 7.05 Å². The normalized spacial score (nSPS) is 11.0. The number of rotatable bonds is 5. The van der Waals surface area contributed by atoms with E-state index in [2.05, 4.69) is 31.0 Å². The molecule has 1 aromatic carbocycles. The van der Waals surface area contributed by atoms with Gasteiger partial charge in [0.15, 0.2) is 5.13 Å². The van der Waals surface area contributed by atoms with Crippen LogP contribution in [0.4, 0.5) is 5.13 Å². The van der Waals surface area contributed by atoms with E-state index in [4.69, 9.17) is 4.74 Å². The number of anilines is 1. The predicted octanol–water partition coefficient (Wildman–Crippen LogP) is 4.04. The average molecular weight is 458 g/mol. The summed E-state index contributed by atoms with van der Waals surface area (Å²) in [6.07, 6.45) is 3.36. The lowest BCUT2D eigenvalue weighted by Gasteiger charge is -2.19. The van der Waals surface area contributed by atoms with Crippen LogP contribution in [0.5, 0.6) is 5.88 Å². The van der Waals surface area contributed by atoms with Gasteiger partial charge in [0.25, 0.3) is 5.91 Å². The Bertz CT molecular complexity index is 1140. The summed E-state index contributed by atoms with van der Waals surface area (Å²) in [4.78, 5) is 24.0. The number of benzene rings is 1. The van der Waals surface area contributed by atoms with Gasteiger partial charge in [0.05, 0.1) is 29.6 Å². The molecule has 28 heavy (non-hydrogen) atoms. The molecule has 9 heteroatoms. The molecule has 0 atom stereocenters. The number of fused-ring (bicyclic) bond motifs is 1. The number of hydrogen-bond acceptors (Lipinski definition) is 6. The Morgan fingerprint density at radius 2 is 2.18 bits per heavy atom. The number of carbonyl (C=O) groups excluding carboxylic acids is 1. The summed E-state index contributed by atoms with van der Waals surface area (Å²) in [5.74, 6) is 0.0381. The van der Waals surface area contributed by atoms with Gasteiger partial charge in [-0.25, -0.2) is 4.98 Å². The van der Waals surface area contributed by atoms with Crippen molar-refractivity contribution in [3.63, 3.8) is 0 Å². The number of pyridine rings is 1. The first-order valence-electron chi connectivity index (χ1n) is 8.40. The van der Waals surface area contributed by atoms with Crippen molar-refractivity contribution in [2.45, 2.75) is 6.54 Å². The van der Waals surface area contributed by atoms with Gasteiger partial charge in [-0.1, -0.05) is 33.3 Å². The first kappa shape index (κ1) is 18.6. The molecule has 0 N–H and O–H groups in total. The molecule has 0 aliphatic rings. The van der Waals surface area contributed by atoms with E-state index in [1.54, 1.807) is 29.0 Å². The lowest BCUT2D eigenvalue weighted by atomic mass is 10.2. The van der Waals surface area contributed by atoms with Gasteiger partial charge in [0, 0.05) is 23.9 Å². The third kappa shape index (κ3) is 3.63. The van der Waals surface area contributed by atoms with Crippen molar-refractivity contribution in [2.75, 3.05) is 12.0 Å². The fourth-order valence-corrected chi connectivity index (χ4v) is 4.31. The quantitative estimate of drug-likeness (QED) is 0.451. The Balaban J connectivity index is 1.79. The maximum atomic E-state index is 13.4. The van der Waals surface area contributed by atoms with Gasteiger partial charge in [-0.15, -0.1) is 5.10 Å². The molecule has 0 saturated carbocycles. The number of hydrogen-bond donors (Lipinski definition) is 0. The molecule has 0 bridgehead atoms. The summed E-state index contributed by atoms with van der Waals surface area (Å²) in [5.41, 5.74) is 1.97. The third-order valence-electron chi connectivity index (χ3n) is 4.08. The van der Waals surface area contributed by atoms with Crippen LogP contribution in [0.2, 0.25) is 0 Å². The summed E-state index contributed by atoms with van der Waals surface area (Å²) in [6, 6.07) is 11.5. The zero-order valence-electron chi connectivity index (χ0n) is 15.2. The lowest BCUT2D eigenvalue weighted by Crippen LogP contribution is -2.30. The second-order valence-electron chi connectivity index (χ2n) is 6.05. The lowest BCUT2D eigenvalue weighted by molar-refractivity contribution is 0.0982. The fourth-order valence-electron chi connectivity index (χ4n) is 2.79. The molecule has 0 fully saturated rings. The van der Waals surface area contributed by atoms with Crippen LogP contribution >= 0.6 is 27.3 Å². The molecule has 0 unspecified atom stereocenters. The monoisotopic (exact) mass is 457 g/mol. The van der Waals surface area contributed by atoms with Crippen LogP contribution in [0.25, 0.3) is 10.2 Å². The predicted molar refractivity (Wildman–Crippen MR) is 112 cm³/mol. The highest BCUT2D eigenvalue weighted by Crippen LogP contribution is 2.33. The van der Waals surface area contributed by atoms with Gasteiger partial charge in [-0.05, 0) is 30.3 Å². The summed E-state index contributed by atoms with van der Waals surface area (Å²) in [7, 11) is 3.25. The third-order valence-corrected chi connectivity index (χ3v) is 5.61. The van der Waals surface area contributed by atoms with Crippen LogP contribution in [-0.4, -0.2) is 32.8 Å². The number of ether oxygens (including phenoxy) is 1. The highest BCUT2D eigenvalue weighted by atomic mass is 79.9. The summed E-state index contributed by atoms with van der Waals surface area (Å²) >= 11 is 4.93. The topological polar surface area (TPSA) is 73.1 Å². The number of amides is 1. The van der Waals surface area contributed by atoms with Gasteiger partial charge in [0.1, 0.15) is 5.56 Å². The smallest absolute Gasteiger partial charge is 0.267 e. The minimum absolute atomic E-state index is 0.242. The van der Waals surface area contributed by atoms with Crippen molar-refractivity contribution in [1.82, 2.24) is 19.7 Å². The highest BCUT2D eigenvalue weighted by molar-refractivity contribution is 9.10. The van der Waals surface area contributed by atoms with E-state index in [9.17, 15) is 4.79 Å². The number of halogens is 1. The standard InChI is InChI=1S/C19H16BrN5O2S/c1-24-11-14(17(23-24)27-2)18(26)25(10-13-5-3-4-8-21-13)19-22-15-7-6-12(20)9-16(15)28-19/h3-9,11H,10H2,1-2H3. The molecular weight excluding hydrogens is 442 g/mol. The Morgan fingerprint density at radius 1 is 1.32 bits per heavy atom. The molecule has 3 aromatic heterocycles. The van der Waals surface area contributed by atoms with Crippen molar-refractivity contribution >= 4 is 48.5 Å². The first-order chi connectivity index (χ1) is 13.5. The maximum absolute atomic E-state index is 13.4. The zero-order chi connectivity index (χ0) is 19.7. The van der Waals surface area contributed by atoms with Crippen LogP contribution in [0.3, 0.4) is 0 Å². The van der Waals surface area contributed by atoms with Crippen LogP contribution in [-0.2, 0) is 13.6 Å². The second-order valence-corrected chi connectivity index (χ2v) is 7.97. The molecule has 7 nitrogen and oxygen atoms in total. The number of aromatic nitrogens is 4. The first-order valence-corrected chi connectivity index (χ1v) is 10.0. The van der Waals surface area contributed by atoms with Gasteiger partial charge < -0.3 is 4.74 Å². The maximum Gasteiger partial charge on any atom is 0.267 e. The zero-order valence-corrected chi connectivity index (χ0v) is 17.6. The minimum atomic E-state index is -0.242. The molecule has 3 heterocycles. The Morgan fingerprint density at radius 3 is 2.93 bits per heavy atom. The van der Waals surface area contributed by atoms with Gasteiger partial charge in [-0.2, -0.15) is 0 Å². The van der Waals surface area contributed by atoms with Crippen LogP contribution < -0.4 is 9.64 Å². The molecule has 0 aliphatic carbocycles. The Hall–Kier alpha value is -2.78. The van der Waals surface area contributed by atoms with E-state index in [1.807, 2.05) is 36.4 Å². The number of carbonyl (C=O) groups is 1. The number of thiazole rings is 1. The van der Waals surface area contributed by atoms with E-state index < -0.39 is 0 Å². The molecule has 4 rings (SSSR count). The molecule has 1 amide bonds. The number of aryl methyl sites for hydroxylation is 1. The molecule has 142 valence electrons. The van der Waals surface area contributed by atoms with Crippen molar-refractivity contribution in [3.8, 4) is 5.88 Å². The van der Waals surface area contributed by atoms with E-state index in [1.165, 1.54) is 18.4 Å². The van der Waals surface area contributed by atoms with Crippen molar-refractivity contribution in [3.05, 3.63) is 64.5 Å². The Labute approximate surface area is 173 Å². The van der Waals surface area contributed by atoms with Crippen LogP contribution in [0.1, 0.15) is 16.1 Å². The second kappa shape index (κ2) is 7.69. The van der Waals surface area contributed by atoms with Gasteiger partial charge in [-0.3, -0.25) is 19.4 Å². The molecule has 0 aliphatic heterocycles. The van der Waals surface area contributed by atoms with E-state index in [0.29, 0.717) is 17.2 Å². The molecule has 0 saturated heterocycles. The van der Waals surface area contributed by atoms with Crippen LogP contribution in [0, 0.1) is 0 Å². The van der Waals surface area contributed by atoms with E-state index in [0.717, 1.165) is 20.4 Å². The average Bonchev–Trinajstić information content (AvgIpc) is 3.29.